The third kappa shape index (κ3) is 1.07. The van der Waals surface area contributed by atoms with E-state index in [0.29, 0.717) is 0 Å². The van der Waals surface area contributed by atoms with Crippen molar-refractivity contribution in [1.82, 2.24) is 0 Å². The second-order valence-electron chi connectivity index (χ2n) is 1.53. The highest BCUT2D eigenvalue weighted by atomic mass is 79.9. The van der Waals surface area contributed by atoms with Crippen molar-refractivity contribution in [2.24, 2.45) is 0 Å². The molecule has 0 saturated heterocycles. The highest BCUT2D eigenvalue weighted by Crippen LogP contribution is 2.40. The fraction of sp³-hybridized carbons (Fsp3) is 0.400. The molecule has 0 amide bonds. The van der Waals surface area contributed by atoms with Crippen molar-refractivity contribution in [3.05, 3.63) is 11.5 Å². The van der Waals surface area contributed by atoms with Crippen molar-refractivity contribution in [2.75, 3.05) is 0 Å². The molecule has 0 radical (unpaired) electrons. The van der Waals surface area contributed by atoms with Gasteiger partial charge in [-0.05, 0) is 5.41 Å². The van der Waals surface area contributed by atoms with E-state index in [4.69, 9.17) is 5.26 Å². The van der Waals surface area contributed by atoms with Gasteiger partial charge < -0.3 is 0 Å². The summed E-state index contributed by atoms with van der Waals surface area (Å²) in [4.78, 5) is 0. The summed E-state index contributed by atoms with van der Waals surface area (Å²) in [6.45, 7) is 0. The maximum Gasteiger partial charge on any atom is 0.164 e. The third-order valence-electron chi connectivity index (χ3n) is 0.898. The van der Waals surface area contributed by atoms with Crippen molar-refractivity contribution in [3.63, 3.8) is 0 Å². The molecule has 0 aromatic rings. The number of alkyl halides is 1. The molecule has 1 nitrogen and oxygen atoms in total. The zero-order chi connectivity index (χ0) is 6.04. The zero-order valence-electron chi connectivity index (χ0n) is 4.10. The Bertz CT molecular complexity index is 150. The number of halogens is 1. The monoisotopic (exact) mass is 189 g/mol. The molecule has 42 valence electrons. The van der Waals surface area contributed by atoms with E-state index in [2.05, 4.69) is 22.0 Å². The smallest absolute Gasteiger partial charge is 0.164 e. The number of nitriles is 1. The number of hydrogen-bond donors (Lipinski definition) is 0. The fourth-order valence-electron chi connectivity index (χ4n) is 0.476. The van der Waals surface area contributed by atoms with Crippen LogP contribution in [-0.4, -0.2) is 3.66 Å². The lowest BCUT2D eigenvalue weighted by Crippen LogP contribution is -2.05. The van der Waals surface area contributed by atoms with Crippen LogP contribution in [0.15, 0.2) is 11.5 Å². The second kappa shape index (κ2) is 2.12. The van der Waals surface area contributed by atoms with E-state index in [9.17, 15) is 0 Å². The van der Waals surface area contributed by atoms with Crippen LogP contribution in [0, 0.1) is 11.3 Å². The van der Waals surface area contributed by atoms with E-state index in [1.807, 2.05) is 11.5 Å². The predicted molar refractivity (Wildman–Crippen MR) is 38.6 cm³/mol. The Morgan fingerprint density at radius 1 is 1.88 bits per heavy atom. The van der Waals surface area contributed by atoms with Gasteiger partial charge in [-0.3, -0.25) is 0 Å². The minimum atomic E-state index is -0.340. The molecule has 1 heterocycles. The van der Waals surface area contributed by atoms with Crippen LogP contribution in [0.25, 0.3) is 0 Å². The van der Waals surface area contributed by atoms with E-state index in [1.165, 1.54) is 11.8 Å². The molecule has 0 N–H and O–H groups in total. The molecule has 8 heavy (non-hydrogen) atoms. The molecule has 0 bridgehead atoms. The second-order valence-corrected chi connectivity index (χ2v) is 4.62. The van der Waals surface area contributed by atoms with Gasteiger partial charge in [0.25, 0.3) is 0 Å². The fourth-order valence-corrected chi connectivity index (χ4v) is 1.64. The highest BCUT2D eigenvalue weighted by Gasteiger charge is 2.27. The minimum absolute atomic E-state index is 0.340. The minimum Gasteiger partial charge on any atom is -0.196 e. The molecular weight excluding hydrogens is 186 g/mol. The Morgan fingerprint density at radius 3 is 2.88 bits per heavy atom. The first-order valence-electron chi connectivity index (χ1n) is 2.20. The first-order valence-corrected chi connectivity index (χ1v) is 3.87. The summed E-state index contributed by atoms with van der Waals surface area (Å²) < 4.78 is -0.340. The standard InChI is InChI=1S/C5H4BrNS/c6-5(4-7)2-1-3-8-5/h1,3H,2H2. The van der Waals surface area contributed by atoms with Crippen LogP contribution < -0.4 is 0 Å². The lowest BCUT2D eigenvalue weighted by molar-refractivity contribution is 1.06. The van der Waals surface area contributed by atoms with Crippen molar-refractivity contribution < 1.29 is 0 Å². The zero-order valence-corrected chi connectivity index (χ0v) is 6.50. The lowest BCUT2D eigenvalue weighted by Gasteiger charge is -2.06. The maximum absolute atomic E-state index is 8.47. The van der Waals surface area contributed by atoms with Crippen LogP contribution in [0.2, 0.25) is 0 Å². The number of allylic oxidation sites excluding steroid dienone is 1. The van der Waals surface area contributed by atoms with Gasteiger partial charge in [-0.2, -0.15) is 5.26 Å². The van der Waals surface area contributed by atoms with Crippen LogP contribution in [0.3, 0.4) is 0 Å². The normalized spacial score (nSPS) is 35.0. The molecule has 1 rings (SSSR count). The number of thioether (sulfide) groups is 1. The summed E-state index contributed by atoms with van der Waals surface area (Å²) >= 11 is 4.80. The van der Waals surface area contributed by atoms with Gasteiger partial charge in [0.2, 0.25) is 0 Å². The summed E-state index contributed by atoms with van der Waals surface area (Å²) in [5.41, 5.74) is 0. The highest BCUT2D eigenvalue weighted by molar-refractivity contribution is 9.12. The maximum atomic E-state index is 8.47. The topological polar surface area (TPSA) is 23.8 Å². The largest absolute Gasteiger partial charge is 0.196 e. The summed E-state index contributed by atoms with van der Waals surface area (Å²) in [6.07, 6.45) is 2.80. The van der Waals surface area contributed by atoms with Gasteiger partial charge in [0.15, 0.2) is 3.66 Å². The lowest BCUT2D eigenvalue weighted by atomic mass is 10.3. The molecule has 1 aliphatic rings. The third-order valence-corrected chi connectivity index (χ3v) is 2.92. The predicted octanol–water partition coefficient (Wildman–Crippen LogP) is 2.25. The molecule has 0 aromatic carbocycles. The first-order chi connectivity index (χ1) is 3.77. The van der Waals surface area contributed by atoms with E-state index >= 15 is 0 Å². The van der Waals surface area contributed by atoms with E-state index in [0.717, 1.165) is 6.42 Å². The van der Waals surface area contributed by atoms with Crippen molar-refractivity contribution in [1.29, 1.82) is 5.26 Å². The number of hydrogen-bond acceptors (Lipinski definition) is 2. The number of rotatable bonds is 0. The van der Waals surface area contributed by atoms with Crippen LogP contribution in [0.5, 0.6) is 0 Å². The molecule has 0 aliphatic carbocycles. The summed E-state index contributed by atoms with van der Waals surface area (Å²) in [6, 6.07) is 2.16. The quantitative estimate of drug-likeness (QED) is 0.547. The molecule has 0 fully saturated rings. The molecule has 3 heteroatoms. The van der Waals surface area contributed by atoms with Gasteiger partial charge >= 0.3 is 0 Å². The molecule has 1 aliphatic heterocycles. The van der Waals surface area contributed by atoms with Crippen LogP contribution in [-0.2, 0) is 0 Å². The Kier molecular flexibility index (Phi) is 1.64. The number of nitrogens with zero attached hydrogens (tertiary/aromatic N) is 1. The summed E-state index contributed by atoms with van der Waals surface area (Å²) in [7, 11) is 0. The average Bonchev–Trinajstić information content (AvgIpc) is 2.17. The Morgan fingerprint density at radius 2 is 2.62 bits per heavy atom. The van der Waals surface area contributed by atoms with Crippen molar-refractivity contribution in [3.8, 4) is 6.07 Å². The molecule has 1 atom stereocenters. The van der Waals surface area contributed by atoms with E-state index < -0.39 is 0 Å². The van der Waals surface area contributed by atoms with Crippen molar-refractivity contribution in [2.45, 2.75) is 10.1 Å². The van der Waals surface area contributed by atoms with E-state index in [1.54, 1.807) is 0 Å². The van der Waals surface area contributed by atoms with E-state index in [-0.39, 0.29) is 3.66 Å². The summed E-state index contributed by atoms with van der Waals surface area (Å²) in [5, 5.41) is 10.4. The van der Waals surface area contributed by atoms with Crippen LogP contribution >= 0.6 is 27.7 Å². The Hall–Kier alpha value is 0.0600. The Balaban J connectivity index is 2.63. The molecule has 1 unspecified atom stereocenters. The summed E-state index contributed by atoms with van der Waals surface area (Å²) in [5.74, 6) is 0. The van der Waals surface area contributed by atoms with Gasteiger partial charge in [-0.25, -0.2) is 0 Å². The van der Waals surface area contributed by atoms with Gasteiger partial charge in [-0.1, -0.05) is 22.0 Å². The van der Waals surface area contributed by atoms with Gasteiger partial charge in [-0.15, -0.1) is 11.8 Å². The Labute approximate surface area is 60.9 Å². The van der Waals surface area contributed by atoms with Crippen molar-refractivity contribution >= 4 is 27.7 Å². The molecular formula is C5H4BrNS. The van der Waals surface area contributed by atoms with Gasteiger partial charge in [0, 0.05) is 6.42 Å². The van der Waals surface area contributed by atoms with Gasteiger partial charge in [0.1, 0.15) is 0 Å². The van der Waals surface area contributed by atoms with Gasteiger partial charge in [0.05, 0.1) is 6.07 Å². The molecule has 0 saturated carbocycles. The van der Waals surface area contributed by atoms with Crippen LogP contribution in [0.1, 0.15) is 6.42 Å². The first kappa shape index (κ1) is 6.18. The van der Waals surface area contributed by atoms with Crippen LogP contribution in [0.4, 0.5) is 0 Å². The average molecular weight is 190 g/mol. The molecule has 0 spiro atoms. The molecule has 0 aromatic heterocycles. The SMILES string of the molecule is N#CC1(Br)CC=CS1.